The second kappa shape index (κ2) is 9.86. The van der Waals surface area contributed by atoms with Crippen LogP contribution in [0.2, 0.25) is 0 Å². The van der Waals surface area contributed by atoms with Crippen molar-refractivity contribution in [3.63, 3.8) is 0 Å². The van der Waals surface area contributed by atoms with Crippen molar-refractivity contribution >= 4 is 27.2 Å². The molecule has 0 bridgehead atoms. The number of hydrogen-bond donors (Lipinski definition) is 3. The molecule has 1 aromatic rings. The summed E-state index contributed by atoms with van der Waals surface area (Å²) in [6.07, 6.45) is 9.65. The summed E-state index contributed by atoms with van der Waals surface area (Å²) in [6.45, 7) is 4.05. The van der Waals surface area contributed by atoms with Crippen LogP contribution in [0, 0.1) is 5.92 Å². The zero-order valence-electron chi connectivity index (χ0n) is 17.8. The van der Waals surface area contributed by atoms with Crippen molar-refractivity contribution in [1.82, 2.24) is 5.32 Å². The highest BCUT2D eigenvalue weighted by Gasteiger charge is 2.31. The molecule has 1 aromatic carbocycles. The predicted octanol–water partition coefficient (Wildman–Crippen LogP) is 4.43. The van der Waals surface area contributed by atoms with E-state index >= 15 is 0 Å². The summed E-state index contributed by atoms with van der Waals surface area (Å²) in [4.78, 5) is 12.1. The van der Waals surface area contributed by atoms with Gasteiger partial charge in [-0.2, -0.15) is 0 Å². The molecule has 3 rings (SSSR count). The summed E-state index contributed by atoms with van der Waals surface area (Å²) in [7, 11) is -1.62. The summed E-state index contributed by atoms with van der Waals surface area (Å²) in [6, 6.07) is 4.29. The molecule has 166 valence electrons. The Morgan fingerprint density at radius 3 is 2.37 bits per heavy atom. The smallest absolute Gasteiger partial charge is 0.326 e. The van der Waals surface area contributed by atoms with E-state index in [9.17, 15) is 18.3 Å². The van der Waals surface area contributed by atoms with Gasteiger partial charge < -0.3 is 15.7 Å². The minimum atomic E-state index is -3.35. The molecule has 2 saturated carbocycles. The number of benzene rings is 1. The van der Waals surface area contributed by atoms with Crippen molar-refractivity contribution in [2.45, 2.75) is 80.4 Å². The van der Waals surface area contributed by atoms with Crippen LogP contribution in [0.5, 0.6) is 0 Å². The molecule has 0 aliphatic heterocycles. The third-order valence-electron chi connectivity index (χ3n) is 6.60. The van der Waals surface area contributed by atoms with E-state index in [1.54, 1.807) is 25.2 Å². The Kier molecular flexibility index (Phi) is 7.45. The molecule has 0 spiro atoms. The molecular weight excluding hydrogens is 400 g/mol. The molecule has 0 saturated heterocycles. The van der Waals surface area contributed by atoms with Crippen molar-refractivity contribution in [2.75, 3.05) is 12.4 Å². The molecule has 30 heavy (non-hydrogen) atoms. The molecule has 2 aliphatic carbocycles. The van der Waals surface area contributed by atoms with Gasteiger partial charge in [0, 0.05) is 24.0 Å². The monoisotopic (exact) mass is 434 g/mol. The van der Waals surface area contributed by atoms with Gasteiger partial charge in [0.2, 0.25) is 0 Å². The minimum absolute atomic E-state index is 0.304. The molecular formula is C23H34N2O4S. The van der Waals surface area contributed by atoms with Gasteiger partial charge in [0.15, 0.2) is 9.84 Å². The van der Waals surface area contributed by atoms with E-state index in [1.807, 2.05) is 0 Å². The van der Waals surface area contributed by atoms with E-state index in [1.165, 1.54) is 19.3 Å². The number of carboxylic acid groups (broad SMARTS) is 1. The summed E-state index contributed by atoms with van der Waals surface area (Å²) in [5, 5.41) is 15.5. The lowest BCUT2D eigenvalue weighted by Crippen LogP contribution is -2.37. The second-order valence-corrected chi connectivity index (χ2v) is 10.9. The molecule has 0 amide bonds. The Morgan fingerprint density at radius 2 is 1.77 bits per heavy atom. The van der Waals surface area contributed by atoms with Crippen LogP contribution in [0.25, 0.3) is 5.70 Å². The molecule has 3 N–H and O–H groups in total. The van der Waals surface area contributed by atoms with E-state index in [-0.39, 0.29) is 5.25 Å². The summed E-state index contributed by atoms with van der Waals surface area (Å²) in [5.41, 5.74) is 1.82. The van der Waals surface area contributed by atoms with Crippen LogP contribution in [0.4, 0.5) is 5.69 Å². The fourth-order valence-corrected chi connectivity index (χ4v) is 6.71. The lowest BCUT2D eigenvalue weighted by Gasteiger charge is -2.26. The third kappa shape index (κ3) is 5.17. The number of hydrogen-bond acceptors (Lipinski definition) is 5. The Bertz CT molecular complexity index is 869. The quantitative estimate of drug-likeness (QED) is 0.532. The van der Waals surface area contributed by atoms with Crippen molar-refractivity contribution in [3.05, 3.63) is 30.3 Å². The summed E-state index contributed by atoms with van der Waals surface area (Å²) >= 11 is 0. The number of rotatable bonds is 9. The summed E-state index contributed by atoms with van der Waals surface area (Å²) < 4.78 is 25.9. The maximum absolute atomic E-state index is 12.9. The molecule has 2 aliphatic rings. The Hall–Kier alpha value is -2.02. The highest BCUT2D eigenvalue weighted by Crippen LogP contribution is 2.33. The maximum atomic E-state index is 12.9. The fraction of sp³-hybridized carbons (Fsp3) is 0.609. The van der Waals surface area contributed by atoms with Gasteiger partial charge in [-0.1, -0.05) is 51.5 Å². The first-order chi connectivity index (χ1) is 14.3. The van der Waals surface area contributed by atoms with E-state index in [0.29, 0.717) is 47.0 Å². The Balaban J connectivity index is 1.76. The van der Waals surface area contributed by atoms with Crippen molar-refractivity contribution < 1.29 is 18.3 Å². The first-order valence-corrected chi connectivity index (χ1v) is 12.6. The van der Waals surface area contributed by atoms with Crippen molar-refractivity contribution in [1.29, 1.82) is 0 Å². The SMILES string of the molecule is C=C(NC(CC1CCCCC1)C(=O)O)c1ccc(S(=O)(=O)C2CCCC2)cc1NC. The van der Waals surface area contributed by atoms with Crippen molar-refractivity contribution in [3.8, 4) is 0 Å². The zero-order chi connectivity index (χ0) is 21.7. The van der Waals surface area contributed by atoms with Gasteiger partial charge >= 0.3 is 5.97 Å². The number of sulfone groups is 1. The molecule has 0 radical (unpaired) electrons. The average molecular weight is 435 g/mol. The summed E-state index contributed by atoms with van der Waals surface area (Å²) in [5.74, 6) is -0.462. The molecule has 1 atom stereocenters. The van der Waals surface area contributed by atoms with E-state index in [2.05, 4.69) is 17.2 Å². The van der Waals surface area contributed by atoms with Crippen LogP contribution in [0.1, 0.15) is 69.8 Å². The predicted molar refractivity (Wildman–Crippen MR) is 120 cm³/mol. The maximum Gasteiger partial charge on any atom is 0.326 e. The number of anilines is 1. The van der Waals surface area contributed by atoms with Crippen LogP contribution in [0.15, 0.2) is 29.7 Å². The fourth-order valence-electron chi connectivity index (χ4n) is 4.83. The van der Waals surface area contributed by atoms with Gasteiger partial charge in [0.05, 0.1) is 10.1 Å². The number of nitrogens with one attached hydrogen (secondary N) is 2. The number of carbonyl (C=O) groups is 1. The Labute approximate surface area is 180 Å². The van der Waals surface area contributed by atoms with Crippen molar-refractivity contribution in [2.24, 2.45) is 5.92 Å². The van der Waals surface area contributed by atoms with Crippen LogP contribution in [-0.2, 0) is 14.6 Å². The topological polar surface area (TPSA) is 95.5 Å². The molecule has 2 fully saturated rings. The molecule has 0 heterocycles. The molecule has 7 heteroatoms. The van der Waals surface area contributed by atoms with Gasteiger partial charge in [-0.3, -0.25) is 0 Å². The van der Waals surface area contributed by atoms with Gasteiger partial charge in [-0.15, -0.1) is 0 Å². The largest absolute Gasteiger partial charge is 0.480 e. The first-order valence-electron chi connectivity index (χ1n) is 11.1. The third-order valence-corrected chi connectivity index (χ3v) is 8.86. The van der Waals surface area contributed by atoms with E-state index in [4.69, 9.17) is 0 Å². The standard InChI is InChI=1S/C23H34N2O4S/c1-16(25-22(23(26)27)14-17-8-4-3-5-9-17)20-13-12-19(15-21(20)24-2)30(28,29)18-10-6-7-11-18/h12-13,15,17-18,22,24-25H,1,3-11,14H2,2H3,(H,26,27). The van der Waals surface area contributed by atoms with Gasteiger partial charge in [0.25, 0.3) is 0 Å². The Morgan fingerprint density at radius 1 is 1.13 bits per heavy atom. The van der Waals surface area contributed by atoms with Gasteiger partial charge in [0.1, 0.15) is 6.04 Å². The zero-order valence-corrected chi connectivity index (χ0v) is 18.6. The van der Waals surface area contributed by atoms with E-state index < -0.39 is 21.8 Å². The average Bonchev–Trinajstić information content (AvgIpc) is 3.29. The van der Waals surface area contributed by atoms with Crippen LogP contribution in [-0.4, -0.2) is 37.8 Å². The second-order valence-electron chi connectivity index (χ2n) is 8.66. The number of carboxylic acids is 1. The highest BCUT2D eigenvalue weighted by molar-refractivity contribution is 7.92. The first kappa shape index (κ1) is 22.7. The van der Waals surface area contributed by atoms with Gasteiger partial charge in [-0.05, 0) is 43.4 Å². The van der Waals surface area contributed by atoms with Crippen LogP contribution < -0.4 is 10.6 Å². The molecule has 0 aromatic heterocycles. The lowest BCUT2D eigenvalue weighted by molar-refractivity contribution is -0.139. The highest BCUT2D eigenvalue weighted by atomic mass is 32.2. The number of aliphatic carboxylic acids is 1. The van der Waals surface area contributed by atoms with Crippen LogP contribution in [0.3, 0.4) is 0 Å². The van der Waals surface area contributed by atoms with E-state index in [0.717, 1.165) is 25.7 Å². The lowest BCUT2D eigenvalue weighted by atomic mass is 9.84. The normalized spacial score (nSPS) is 19.4. The molecule has 1 unspecified atom stereocenters. The molecule has 6 nitrogen and oxygen atoms in total. The minimum Gasteiger partial charge on any atom is -0.480 e. The van der Waals surface area contributed by atoms with Crippen LogP contribution >= 0.6 is 0 Å². The van der Waals surface area contributed by atoms with Gasteiger partial charge in [-0.25, -0.2) is 13.2 Å².